The molecule has 4 N–H and O–H groups in total. The van der Waals surface area contributed by atoms with Gasteiger partial charge in [-0.15, -0.1) is 0 Å². The number of carbonyl (C=O) groups excluding carboxylic acids is 4. The third-order valence-corrected chi connectivity index (χ3v) is 5.40. The van der Waals surface area contributed by atoms with Gasteiger partial charge in [-0.3, -0.25) is 34.7 Å². The average Bonchev–Trinajstić information content (AvgIpc) is 2.98. The Morgan fingerprint density at radius 2 is 1.77 bits per heavy atom. The van der Waals surface area contributed by atoms with Gasteiger partial charge in [0, 0.05) is 23.7 Å². The molecule has 1 fully saturated rings. The van der Waals surface area contributed by atoms with Crippen molar-refractivity contribution in [3.8, 4) is 0 Å². The van der Waals surface area contributed by atoms with E-state index in [2.05, 4.69) is 16.0 Å². The van der Waals surface area contributed by atoms with Crippen LogP contribution < -0.4 is 16.0 Å². The molecule has 2 aromatic carbocycles. The summed E-state index contributed by atoms with van der Waals surface area (Å²) in [5.74, 6) is -2.20. The number of piperidine rings is 1. The summed E-state index contributed by atoms with van der Waals surface area (Å²) in [6.45, 7) is 0.217. The number of carbonyl (C=O) groups is 4. The summed E-state index contributed by atoms with van der Waals surface area (Å²) in [5, 5.41) is 18.6. The monoisotopic (exact) mass is 442 g/mol. The molecule has 2 unspecified atom stereocenters. The fourth-order valence-corrected chi connectivity index (χ4v) is 3.72. The molecular formula is C21H19ClN4O5. The van der Waals surface area contributed by atoms with Crippen molar-refractivity contribution in [3.05, 3.63) is 64.2 Å². The van der Waals surface area contributed by atoms with E-state index in [0.717, 1.165) is 4.90 Å². The highest BCUT2D eigenvalue weighted by molar-refractivity contribution is 6.30. The van der Waals surface area contributed by atoms with Gasteiger partial charge in [-0.1, -0.05) is 17.7 Å². The molecule has 0 bridgehead atoms. The fourth-order valence-electron chi connectivity index (χ4n) is 3.60. The number of anilines is 1. The Hall–Kier alpha value is -3.27. The molecule has 0 saturated carbocycles. The minimum absolute atomic E-state index is 0.0670. The van der Waals surface area contributed by atoms with E-state index in [1.165, 1.54) is 6.07 Å². The number of benzene rings is 2. The predicted octanol–water partition coefficient (Wildman–Crippen LogP) is 1.22. The molecule has 2 aromatic rings. The second kappa shape index (κ2) is 8.46. The highest BCUT2D eigenvalue weighted by atomic mass is 35.5. The number of aliphatic hydroxyl groups excluding tert-OH is 1. The van der Waals surface area contributed by atoms with Crippen molar-refractivity contribution < 1.29 is 24.3 Å². The molecular weight excluding hydrogens is 424 g/mol. The third kappa shape index (κ3) is 4.29. The summed E-state index contributed by atoms with van der Waals surface area (Å²) in [7, 11) is 0. The lowest BCUT2D eigenvalue weighted by Gasteiger charge is -2.27. The Morgan fingerprint density at radius 1 is 1.06 bits per heavy atom. The number of rotatable bonds is 6. The van der Waals surface area contributed by atoms with Crippen LogP contribution in [0.25, 0.3) is 0 Å². The summed E-state index contributed by atoms with van der Waals surface area (Å²) < 4.78 is 0. The number of halogens is 1. The first kappa shape index (κ1) is 21.0. The summed E-state index contributed by atoms with van der Waals surface area (Å²) >= 11 is 5.83. The quantitative estimate of drug-likeness (QED) is 0.391. The van der Waals surface area contributed by atoms with Crippen molar-refractivity contribution in [2.24, 2.45) is 0 Å². The van der Waals surface area contributed by atoms with Crippen molar-refractivity contribution in [2.45, 2.75) is 31.8 Å². The Labute approximate surface area is 182 Å². The van der Waals surface area contributed by atoms with Crippen molar-refractivity contribution in [1.82, 2.24) is 15.5 Å². The fraction of sp³-hybridized carbons (Fsp3) is 0.238. The van der Waals surface area contributed by atoms with E-state index in [-0.39, 0.29) is 30.5 Å². The van der Waals surface area contributed by atoms with E-state index in [1.807, 2.05) is 0 Å². The van der Waals surface area contributed by atoms with Crippen molar-refractivity contribution >= 4 is 40.9 Å². The summed E-state index contributed by atoms with van der Waals surface area (Å²) in [6.07, 6.45) is -0.892. The molecule has 0 radical (unpaired) electrons. The van der Waals surface area contributed by atoms with Gasteiger partial charge in [0.15, 0.2) is 6.35 Å². The Bertz CT molecular complexity index is 1070. The molecule has 0 aliphatic carbocycles. The standard InChI is InChI=1S/C21H19ClN4O5/c22-12-2-4-13(5-3-12)24-21(31)23-10-11-1-6-14-15(9-11)20(30)26(19(14)29)16-7-8-17(27)25-18(16)28/h1-6,9,16,21,23-24,31H,7-8,10H2,(H,25,27,28). The lowest BCUT2D eigenvalue weighted by molar-refractivity contribution is -0.136. The number of nitrogens with one attached hydrogen (secondary N) is 3. The van der Waals surface area contributed by atoms with Crippen LogP contribution in [-0.2, 0) is 16.1 Å². The molecule has 2 atom stereocenters. The Kier molecular flexibility index (Phi) is 5.73. The molecule has 0 aromatic heterocycles. The molecule has 31 heavy (non-hydrogen) atoms. The number of hydrogen-bond donors (Lipinski definition) is 4. The van der Waals surface area contributed by atoms with Crippen molar-refractivity contribution in [2.75, 3.05) is 5.32 Å². The smallest absolute Gasteiger partial charge is 0.262 e. The van der Waals surface area contributed by atoms with Gasteiger partial charge in [0.05, 0.1) is 11.1 Å². The molecule has 1 saturated heterocycles. The van der Waals surface area contributed by atoms with Crippen LogP contribution in [0, 0.1) is 0 Å². The molecule has 9 nitrogen and oxygen atoms in total. The highest BCUT2D eigenvalue weighted by Gasteiger charge is 2.44. The number of imide groups is 2. The normalized spacial score (nSPS) is 19.3. The lowest BCUT2D eigenvalue weighted by atomic mass is 10.0. The first-order valence-electron chi connectivity index (χ1n) is 9.61. The maximum atomic E-state index is 12.8. The van der Waals surface area contributed by atoms with E-state index >= 15 is 0 Å². The Morgan fingerprint density at radius 3 is 2.48 bits per heavy atom. The van der Waals surface area contributed by atoms with Gasteiger partial charge in [0.1, 0.15) is 6.04 Å². The minimum atomic E-state index is -1.06. The zero-order valence-electron chi connectivity index (χ0n) is 16.2. The van der Waals surface area contributed by atoms with E-state index in [4.69, 9.17) is 11.6 Å². The van der Waals surface area contributed by atoms with Crippen LogP contribution in [-0.4, -0.2) is 46.0 Å². The number of fused-ring (bicyclic) bond motifs is 1. The maximum Gasteiger partial charge on any atom is 0.262 e. The van der Waals surface area contributed by atoms with Crippen LogP contribution in [0.5, 0.6) is 0 Å². The van der Waals surface area contributed by atoms with E-state index in [9.17, 15) is 24.3 Å². The molecule has 0 spiro atoms. The molecule has 4 rings (SSSR count). The maximum absolute atomic E-state index is 12.8. The van der Waals surface area contributed by atoms with Crippen molar-refractivity contribution in [3.63, 3.8) is 0 Å². The van der Waals surface area contributed by atoms with Gasteiger partial charge in [0.25, 0.3) is 11.8 Å². The van der Waals surface area contributed by atoms with Crippen molar-refractivity contribution in [1.29, 1.82) is 0 Å². The average molecular weight is 443 g/mol. The van der Waals surface area contributed by atoms with Gasteiger partial charge in [-0.25, -0.2) is 0 Å². The van der Waals surface area contributed by atoms with E-state index in [0.29, 0.717) is 16.3 Å². The van der Waals surface area contributed by atoms with Crippen LogP contribution in [0.2, 0.25) is 5.02 Å². The van der Waals surface area contributed by atoms with Crippen LogP contribution in [0.4, 0.5) is 5.69 Å². The SMILES string of the molecule is O=C1CCC(N2C(=O)c3ccc(CNC(O)Nc4ccc(Cl)cc4)cc3C2=O)C(=O)N1. The number of aliphatic hydroxyl groups is 1. The van der Waals surface area contributed by atoms with Crippen LogP contribution in [0.3, 0.4) is 0 Å². The summed E-state index contributed by atoms with van der Waals surface area (Å²) in [4.78, 5) is 49.9. The Balaban J connectivity index is 1.42. The first-order chi connectivity index (χ1) is 14.8. The van der Waals surface area contributed by atoms with E-state index in [1.54, 1.807) is 36.4 Å². The zero-order valence-corrected chi connectivity index (χ0v) is 17.0. The van der Waals surface area contributed by atoms with Crippen LogP contribution in [0.15, 0.2) is 42.5 Å². The van der Waals surface area contributed by atoms with Gasteiger partial charge >= 0.3 is 0 Å². The molecule has 2 aliphatic rings. The molecule has 10 heteroatoms. The summed E-state index contributed by atoms with van der Waals surface area (Å²) in [5.41, 5.74) is 1.73. The zero-order chi connectivity index (χ0) is 22.1. The predicted molar refractivity (Wildman–Crippen MR) is 111 cm³/mol. The van der Waals surface area contributed by atoms with Gasteiger partial charge in [-0.05, 0) is 48.4 Å². The largest absolute Gasteiger partial charge is 0.361 e. The van der Waals surface area contributed by atoms with Gasteiger partial charge in [-0.2, -0.15) is 0 Å². The van der Waals surface area contributed by atoms with Gasteiger partial charge in [0.2, 0.25) is 11.8 Å². The van der Waals surface area contributed by atoms with E-state index < -0.39 is 36.0 Å². The van der Waals surface area contributed by atoms with Crippen LogP contribution >= 0.6 is 11.6 Å². The van der Waals surface area contributed by atoms with Gasteiger partial charge < -0.3 is 10.4 Å². The lowest BCUT2D eigenvalue weighted by Crippen LogP contribution is -2.54. The summed E-state index contributed by atoms with van der Waals surface area (Å²) in [6, 6.07) is 10.6. The highest BCUT2D eigenvalue weighted by Crippen LogP contribution is 2.28. The third-order valence-electron chi connectivity index (χ3n) is 5.15. The second-order valence-electron chi connectivity index (χ2n) is 7.26. The number of nitrogens with zero attached hydrogens (tertiary/aromatic N) is 1. The van der Waals surface area contributed by atoms with Crippen LogP contribution in [0.1, 0.15) is 39.1 Å². The second-order valence-corrected chi connectivity index (χ2v) is 7.70. The first-order valence-corrected chi connectivity index (χ1v) is 9.99. The molecule has 2 heterocycles. The topological polar surface area (TPSA) is 128 Å². The number of hydrogen-bond acceptors (Lipinski definition) is 7. The minimum Gasteiger partial charge on any atom is -0.361 e. The molecule has 4 amide bonds. The molecule has 2 aliphatic heterocycles. The number of amides is 4. The molecule has 160 valence electrons.